The second-order valence-electron chi connectivity index (χ2n) is 8.71. The molecule has 162 valence electrons. The summed E-state index contributed by atoms with van der Waals surface area (Å²) >= 11 is -1.79. The van der Waals surface area contributed by atoms with E-state index in [4.69, 9.17) is 17.7 Å². The number of halogens is 1. The summed E-state index contributed by atoms with van der Waals surface area (Å²) in [6.07, 6.45) is 1.38. The third-order valence-electron chi connectivity index (χ3n) is 6.58. The van der Waals surface area contributed by atoms with Gasteiger partial charge in [-0.15, -0.1) is 0 Å². The topological polar surface area (TPSA) is 72.8 Å². The Morgan fingerprint density at radius 3 is 2.03 bits per heavy atom. The molecule has 1 aliphatic carbocycles. The summed E-state index contributed by atoms with van der Waals surface area (Å²) in [5, 5.41) is 11.2. The molecule has 0 amide bonds. The van der Waals surface area contributed by atoms with Gasteiger partial charge in [0.05, 0.1) is 0 Å². The van der Waals surface area contributed by atoms with Crippen molar-refractivity contribution in [1.29, 1.82) is 0 Å². The van der Waals surface area contributed by atoms with Crippen LogP contribution in [-0.4, -0.2) is 35.9 Å². The molecule has 1 N–H and O–H groups in total. The van der Waals surface area contributed by atoms with Crippen molar-refractivity contribution in [2.75, 3.05) is 13.2 Å². The van der Waals surface area contributed by atoms with Crippen LogP contribution in [0.2, 0.25) is 3.43 Å². The van der Waals surface area contributed by atoms with Crippen molar-refractivity contribution in [3.63, 3.8) is 0 Å². The number of aliphatic hydroxyl groups is 1. The van der Waals surface area contributed by atoms with Crippen molar-refractivity contribution >= 4 is 20.2 Å². The van der Waals surface area contributed by atoms with Crippen molar-refractivity contribution in [1.82, 2.24) is 0 Å². The zero-order chi connectivity index (χ0) is 22.5. The summed E-state index contributed by atoms with van der Waals surface area (Å²) in [6, 6.07) is 17.6. The summed E-state index contributed by atoms with van der Waals surface area (Å²) in [6.45, 7) is 3.95. The van der Waals surface area contributed by atoms with Gasteiger partial charge in [-0.25, -0.2) is 0 Å². The number of esters is 2. The standard InChI is InChI=1S/C24H27O5.ClH.Hg/c1-23(17-29-22(26)19-12-7-4-8-13-19)14-9-15-24(2,27)20(23)16-28-21(25)18-10-5-3-6-11-18;;/h3-8,10-14,20,27H,9,15-17H2,1-2H3;1H;/q;;+1/p-1. The zero-order valence-corrected chi connectivity index (χ0v) is 24.2. The number of ether oxygens (including phenoxy) is 2. The van der Waals surface area contributed by atoms with Crippen LogP contribution in [-0.2, 0) is 32.8 Å². The molecule has 0 radical (unpaired) electrons. The molecule has 1 saturated carbocycles. The number of hydrogen-bond acceptors (Lipinski definition) is 5. The van der Waals surface area contributed by atoms with Crippen molar-refractivity contribution < 1.29 is 47.5 Å². The van der Waals surface area contributed by atoms with Crippen LogP contribution in [0.3, 0.4) is 0 Å². The number of rotatable bonds is 7. The van der Waals surface area contributed by atoms with Crippen LogP contribution in [0.1, 0.15) is 47.4 Å². The third kappa shape index (κ3) is 5.68. The molecule has 0 aromatic heterocycles. The van der Waals surface area contributed by atoms with E-state index in [2.05, 4.69) is 0 Å². The predicted octanol–water partition coefficient (Wildman–Crippen LogP) is 4.89. The van der Waals surface area contributed by atoms with Crippen LogP contribution < -0.4 is 0 Å². The molecule has 2 aromatic rings. The van der Waals surface area contributed by atoms with Crippen molar-refractivity contribution in [2.24, 2.45) is 11.3 Å². The minimum atomic E-state index is -1.79. The van der Waals surface area contributed by atoms with Crippen LogP contribution in [0.25, 0.3) is 0 Å². The van der Waals surface area contributed by atoms with E-state index in [0.29, 0.717) is 17.5 Å². The number of carbonyl (C=O) groups excluding carboxylic acids is 2. The molecule has 5 nitrogen and oxygen atoms in total. The van der Waals surface area contributed by atoms with Crippen LogP contribution in [0.5, 0.6) is 0 Å². The fourth-order valence-corrected chi connectivity index (χ4v) is 13.3. The van der Waals surface area contributed by atoms with E-state index in [1.54, 1.807) is 55.5 Å². The summed E-state index contributed by atoms with van der Waals surface area (Å²) in [7, 11) is 6.51. The Bertz CT molecular complexity index is 889. The Morgan fingerprint density at radius 1 is 1.00 bits per heavy atom. The fraction of sp³-hybridized carbons (Fsp3) is 0.417. The molecule has 0 saturated heterocycles. The average molecular weight is 632 g/mol. The van der Waals surface area contributed by atoms with E-state index in [1.807, 2.05) is 19.1 Å². The van der Waals surface area contributed by atoms with Gasteiger partial charge in [0.2, 0.25) is 0 Å². The third-order valence-corrected chi connectivity index (χ3v) is 16.5. The van der Waals surface area contributed by atoms with Gasteiger partial charge in [0.1, 0.15) is 0 Å². The zero-order valence-electron chi connectivity index (χ0n) is 17.9. The summed E-state index contributed by atoms with van der Waals surface area (Å²) in [5.41, 5.74) is -0.676. The van der Waals surface area contributed by atoms with Gasteiger partial charge in [-0.2, -0.15) is 0 Å². The van der Waals surface area contributed by atoms with Gasteiger partial charge in [0.25, 0.3) is 0 Å². The molecule has 1 aliphatic rings. The van der Waals surface area contributed by atoms with Gasteiger partial charge in [-0.1, -0.05) is 0 Å². The van der Waals surface area contributed by atoms with Crippen LogP contribution in [0.4, 0.5) is 0 Å². The molecule has 31 heavy (non-hydrogen) atoms. The Hall–Kier alpha value is -1.43. The van der Waals surface area contributed by atoms with Gasteiger partial charge in [0.15, 0.2) is 0 Å². The van der Waals surface area contributed by atoms with E-state index in [-0.39, 0.29) is 16.6 Å². The van der Waals surface area contributed by atoms with Crippen molar-refractivity contribution in [3.8, 4) is 0 Å². The fourth-order valence-electron chi connectivity index (χ4n) is 4.50. The number of hydrogen-bond donors (Lipinski definition) is 1. The molecule has 0 aliphatic heterocycles. The predicted molar refractivity (Wildman–Crippen MR) is 115 cm³/mol. The summed E-state index contributed by atoms with van der Waals surface area (Å²) in [4.78, 5) is 25.1. The van der Waals surface area contributed by atoms with Crippen LogP contribution >= 0.6 is 8.25 Å². The number of carbonyl (C=O) groups is 2. The Kier molecular flexibility index (Phi) is 8.17. The first kappa shape index (κ1) is 24.2. The molecule has 3 rings (SSSR count). The number of benzene rings is 2. The van der Waals surface area contributed by atoms with Crippen LogP contribution in [0.15, 0.2) is 60.7 Å². The SMILES string of the molecule is CC1(O)CC[CH]([Hg][Cl])C(C)(COC(=O)c2ccccc2)C1COC(=O)c1ccccc1. The maximum atomic E-state index is 12.6. The van der Waals surface area contributed by atoms with E-state index in [1.165, 1.54) is 0 Å². The van der Waals surface area contributed by atoms with Gasteiger partial charge in [-0.3, -0.25) is 0 Å². The normalized spacial score (nSPS) is 27.7. The monoisotopic (exact) mass is 632 g/mol. The van der Waals surface area contributed by atoms with Gasteiger partial charge >= 0.3 is 200 Å². The quantitative estimate of drug-likeness (QED) is 0.348. The molecule has 0 heterocycles. The second-order valence-corrected chi connectivity index (χ2v) is 16.5. The first-order valence-electron chi connectivity index (χ1n) is 10.5. The molecule has 0 bridgehead atoms. The van der Waals surface area contributed by atoms with Crippen molar-refractivity contribution in [2.45, 2.75) is 35.7 Å². The second kappa shape index (κ2) is 10.5. The minimum absolute atomic E-state index is 0.0430. The average Bonchev–Trinajstić information content (AvgIpc) is 2.78. The van der Waals surface area contributed by atoms with Gasteiger partial charge < -0.3 is 0 Å². The Balaban J connectivity index is 1.78. The Morgan fingerprint density at radius 2 is 1.52 bits per heavy atom. The van der Waals surface area contributed by atoms with E-state index in [9.17, 15) is 14.7 Å². The first-order chi connectivity index (χ1) is 14.8. The summed E-state index contributed by atoms with van der Waals surface area (Å²) < 4.78 is 11.5. The van der Waals surface area contributed by atoms with Crippen LogP contribution in [0, 0.1) is 11.3 Å². The first-order valence-corrected chi connectivity index (χ1v) is 20.4. The molecular formula is C24H27ClHgO5. The summed E-state index contributed by atoms with van der Waals surface area (Å²) in [5.74, 6) is -1.23. The molecule has 4 unspecified atom stereocenters. The molecule has 0 spiro atoms. The molecule has 2 aromatic carbocycles. The van der Waals surface area contributed by atoms with Crippen molar-refractivity contribution in [3.05, 3.63) is 71.8 Å². The molecule has 1 fully saturated rings. The molecular weight excluding hydrogens is 604 g/mol. The van der Waals surface area contributed by atoms with E-state index < -0.39 is 52.2 Å². The molecule has 7 heteroatoms. The maximum absolute atomic E-state index is 12.6. The van der Waals surface area contributed by atoms with Gasteiger partial charge in [-0.05, 0) is 0 Å². The Labute approximate surface area is 199 Å². The van der Waals surface area contributed by atoms with Gasteiger partial charge in [0, 0.05) is 0 Å². The van der Waals surface area contributed by atoms with E-state index >= 15 is 0 Å². The molecule has 4 atom stereocenters. The van der Waals surface area contributed by atoms with E-state index in [0.717, 1.165) is 6.42 Å².